The number of carboxylic acids is 1. The third kappa shape index (κ3) is 4.07. The molecule has 2 heterocycles. The summed E-state index contributed by atoms with van der Waals surface area (Å²) in [6.45, 7) is 1.84. The number of hydrogen-bond donors (Lipinski definition) is 2. The molecule has 1 unspecified atom stereocenters. The Morgan fingerprint density at radius 1 is 1.35 bits per heavy atom. The van der Waals surface area contributed by atoms with Crippen molar-refractivity contribution in [2.24, 2.45) is 0 Å². The Labute approximate surface area is 128 Å². The summed E-state index contributed by atoms with van der Waals surface area (Å²) in [6.07, 6.45) is -2.41. The highest BCUT2D eigenvalue weighted by atomic mass is 19.4. The lowest BCUT2D eigenvalue weighted by Crippen LogP contribution is -2.26. The van der Waals surface area contributed by atoms with Gasteiger partial charge in [0.05, 0.1) is 23.3 Å². The first-order chi connectivity index (χ1) is 10.8. The lowest BCUT2D eigenvalue weighted by molar-refractivity contribution is -0.192. The summed E-state index contributed by atoms with van der Waals surface area (Å²) in [6, 6.07) is 7.74. The number of para-hydroxylation sites is 1. The van der Waals surface area contributed by atoms with Crippen LogP contribution in [0.5, 0.6) is 0 Å². The first-order valence-electron chi connectivity index (χ1n) is 6.77. The minimum absolute atomic E-state index is 0.0688. The van der Waals surface area contributed by atoms with Gasteiger partial charge in [0.2, 0.25) is 0 Å². The van der Waals surface area contributed by atoms with Crippen molar-refractivity contribution in [1.82, 2.24) is 14.9 Å². The first kappa shape index (κ1) is 16.9. The van der Waals surface area contributed by atoms with Gasteiger partial charge in [-0.1, -0.05) is 12.1 Å². The maximum atomic E-state index is 12.2. The molecule has 0 radical (unpaired) electrons. The van der Waals surface area contributed by atoms with Gasteiger partial charge < -0.3 is 10.4 Å². The van der Waals surface area contributed by atoms with Crippen LogP contribution in [-0.4, -0.2) is 39.9 Å². The highest BCUT2D eigenvalue weighted by molar-refractivity contribution is 5.76. The number of aliphatic carboxylic acids is 1. The van der Waals surface area contributed by atoms with Gasteiger partial charge in [-0.05, 0) is 25.1 Å². The topological polar surface area (TPSA) is 84.2 Å². The number of fused-ring (bicyclic) bond motifs is 1. The van der Waals surface area contributed by atoms with E-state index in [0.29, 0.717) is 5.39 Å². The molecule has 1 fully saturated rings. The number of rotatable bonds is 1. The fraction of sp³-hybridized carbons (Fsp3) is 0.357. The largest absolute Gasteiger partial charge is 0.490 e. The summed E-state index contributed by atoms with van der Waals surface area (Å²) >= 11 is 0. The van der Waals surface area contributed by atoms with Crippen LogP contribution in [0.2, 0.25) is 0 Å². The van der Waals surface area contributed by atoms with E-state index in [1.807, 2.05) is 24.3 Å². The Morgan fingerprint density at radius 3 is 2.57 bits per heavy atom. The average Bonchev–Trinajstić information content (AvgIpc) is 3.01. The van der Waals surface area contributed by atoms with Crippen LogP contribution in [0.3, 0.4) is 0 Å². The lowest BCUT2D eigenvalue weighted by atomic mass is 10.2. The van der Waals surface area contributed by atoms with Crippen molar-refractivity contribution in [3.05, 3.63) is 40.9 Å². The van der Waals surface area contributed by atoms with Crippen LogP contribution in [0.1, 0.15) is 12.5 Å². The molecule has 1 atom stereocenters. The van der Waals surface area contributed by atoms with E-state index >= 15 is 0 Å². The van der Waals surface area contributed by atoms with Gasteiger partial charge >= 0.3 is 12.1 Å². The van der Waals surface area contributed by atoms with Gasteiger partial charge in [0.15, 0.2) is 0 Å². The van der Waals surface area contributed by atoms with E-state index in [0.717, 1.165) is 25.0 Å². The number of hydrogen-bond acceptors (Lipinski definition) is 4. The number of nitrogens with one attached hydrogen (secondary N) is 1. The van der Waals surface area contributed by atoms with Crippen LogP contribution in [-0.2, 0) is 4.79 Å². The Kier molecular flexibility index (Phi) is 4.99. The van der Waals surface area contributed by atoms with Gasteiger partial charge in [-0.25, -0.2) is 9.78 Å². The first-order valence-corrected chi connectivity index (χ1v) is 6.77. The van der Waals surface area contributed by atoms with E-state index < -0.39 is 12.1 Å². The zero-order valence-electron chi connectivity index (χ0n) is 11.9. The smallest absolute Gasteiger partial charge is 0.475 e. The van der Waals surface area contributed by atoms with Gasteiger partial charge in [0.1, 0.15) is 0 Å². The zero-order valence-corrected chi connectivity index (χ0v) is 11.9. The molecule has 2 aromatic rings. The van der Waals surface area contributed by atoms with Crippen LogP contribution in [0.15, 0.2) is 35.4 Å². The normalized spacial score (nSPS) is 17.6. The maximum absolute atomic E-state index is 12.2. The number of aromatic nitrogens is 2. The predicted molar refractivity (Wildman–Crippen MR) is 76.2 cm³/mol. The van der Waals surface area contributed by atoms with Gasteiger partial charge in [-0.2, -0.15) is 13.2 Å². The van der Waals surface area contributed by atoms with Crippen molar-refractivity contribution < 1.29 is 23.1 Å². The Bertz CT molecular complexity index is 752. The summed E-state index contributed by atoms with van der Waals surface area (Å²) in [5.41, 5.74) is 0.842. The highest BCUT2D eigenvalue weighted by Gasteiger charge is 2.38. The molecule has 0 bridgehead atoms. The van der Waals surface area contributed by atoms with E-state index in [1.165, 1.54) is 0 Å². The number of nitrogens with zero attached hydrogens (tertiary/aromatic N) is 2. The molecule has 0 saturated carbocycles. The second-order valence-electron chi connectivity index (χ2n) is 4.92. The van der Waals surface area contributed by atoms with Crippen molar-refractivity contribution in [1.29, 1.82) is 0 Å². The van der Waals surface area contributed by atoms with E-state index in [9.17, 15) is 18.0 Å². The van der Waals surface area contributed by atoms with Crippen LogP contribution in [0, 0.1) is 0 Å². The predicted octanol–water partition coefficient (Wildman–Crippen LogP) is 1.56. The van der Waals surface area contributed by atoms with Gasteiger partial charge in [0, 0.05) is 6.54 Å². The van der Waals surface area contributed by atoms with E-state index in [1.54, 1.807) is 10.9 Å². The molecular formula is C14H14F3N3O3. The molecule has 1 aromatic carbocycles. The molecule has 1 aliphatic heterocycles. The van der Waals surface area contributed by atoms with Crippen LogP contribution >= 0.6 is 0 Å². The van der Waals surface area contributed by atoms with E-state index in [-0.39, 0.29) is 11.6 Å². The molecule has 6 nitrogen and oxygen atoms in total. The minimum Gasteiger partial charge on any atom is -0.475 e. The van der Waals surface area contributed by atoms with Crippen molar-refractivity contribution in [2.45, 2.75) is 18.6 Å². The average molecular weight is 329 g/mol. The van der Waals surface area contributed by atoms with E-state index in [4.69, 9.17) is 9.90 Å². The molecule has 3 rings (SSSR count). The molecule has 1 aromatic heterocycles. The molecule has 0 spiro atoms. The van der Waals surface area contributed by atoms with Crippen molar-refractivity contribution in [3.63, 3.8) is 0 Å². The van der Waals surface area contributed by atoms with Gasteiger partial charge in [-0.15, -0.1) is 0 Å². The fourth-order valence-corrected chi connectivity index (χ4v) is 2.22. The molecule has 0 amide bonds. The van der Waals surface area contributed by atoms with Crippen molar-refractivity contribution in [3.8, 4) is 0 Å². The summed E-state index contributed by atoms with van der Waals surface area (Å²) in [4.78, 5) is 25.4. The van der Waals surface area contributed by atoms with Gasteiger partial charge in [0.25, 0.3) is 5.56 Å². The number of carboxylic acid groups (broad SMARTS) is 1. The Morgan fingerprint density at radius 2 is 2.00 bits per heavy atom. The molecule has 124 valence electrons. The quantitative estimate of drug-likeness (QED) is 0.829. The summed E-state index contributed by atoms with van der Waals surface area (Å²) in [5, 5.41) is 11.1. The third-order valence-corrected chi connectivity index (χ3v) is 3.36. The summed E-state index contributed by atoms with van der Waals surface area (Å²) < 4.78 is 33.5. The van der Waals surface area contributed by atoms with E-state index in [2.05, 4.69) is 10.3 Å². The SMILES string of the molecule is O=C(O)C(F)(F)F.O=c1c2ccccc2ncn1C1CCNC1. The van der Waals surface area contributed by atoms with Crippen LogP contribution in [0.4, 0.5) is 13.2 Å². The van der Waals surface area contributed by atoms with Crippen molar-refractivity contribution in [2.75, 3.05) is 13.1 Å². The number of carbonyl (C=O) groups is 1. The van der Waals surface area contributed by atoms with Crippen LogP contribution < -0.4 is 10.9 Å². The lowest BCUT2D eigenvalue weighted by Gasteiger charge is -2.12. The van der Waals surface area contributed by atoms with Crippen LogP contribution in [0.25, 0.3) is 10.9 Å². The Balaban J connectivity index is 0.000000236. The second kappa shape index (κ2) is 6.78. The van der Waals surface area contributed by atoms with Crippen molar-refractivity contribution >= 4 is 16.9 Å². The standard InChI is InChI=1S/C12H13N3O.C2HF3O2/c16-12-10-3-1-2-4-11(10)14-8-15(12)9-5-6-13-7-9;3-2(4,5)1(6)7/h1-4,8-9,13H,5-7H2;(H,6,7). The third-order valence-electron chi connectivity index (χ3n) is 3.36. The number of alkyl halides is 3. The molecular weight excluding hydrogens is 315 g/mol. The molecule has 23 heavy (non-hydrogen) atoms. The number of benzene rings is 1. The zero-order chi connectivity index (χ0) is 17.0. The van der Waals surface area contributed by atoms with Gasteiger partial charge in [-0.3, -0.25) is 9.36 Å². The maximum Gasteiger partial charge on any atom is 0.490 e. The molecule has 2 N–H and O–H groups in total. The summed E-state index contributed by atoms with van der Waals surface area (Å²) in [5.74, 6) is -2.76. The molecule has 9 heteroatoms. The molecule has 0 aliphatic carbocycles. The monoisotopic (exact) mass is 329 g/mol. The molecule has 1 aliphatic rings. The highest BCUT2D eigenvalue weighted by Crippen LogP contribution is 2.14. The second-order valence-corrected chi connectivity index (χ2v) is 4.92. The minimum atomic E-state index is -5.08. The summed E-state index contributed by atoms with van der Waals surface area (Å²) in [7, 11) is 0. The number of halogens is 3. The molecule has 1 saturated heterocycles. The fourth-order valence-electron chi connectivity index (χ4n) is 2.22. The Hall–Kier alpha value is -2.42.